The summed E-state index contributed by atoms with van der Waals surface area (Å²) in [5.41, 5.74) is 6.56. The first-order valence-electron chi connectivity index (χ1n) is 7.28. The van der Waals surface area contributed by atoms with Crippen LogP contribution in [0.1, 0.15) is 19.8 Å². The van der Waals surface area contributed by atoms with Crippen LogP contribution in [0.4, 0.5) is 5.69 Å². The van der Waals surface area contributed by atoms with E-state index in [1.807, 2.05) is 24.3 Å². The number of carbonyl (C=O) groups excluding carboxylic acids is 1. The molecule has 7 heteroatoms. The first kappa shape index (κ1) is 18.5. The molecule has 1 aromatic carbocycles. The summed E-state index contributed by atoms with van der Waals surface area (Å²) in [5.74, 6) is 1.21. The predicted molar refractivity (Wildman–Crippen MR) is 99.1 cm³/mol. The Balaban J connectivity index is 0.00000242. The summed E-state index contributed by atoms with van der Waals surface area (Å²) in [5, 5.41) is 3.05. The number of fused-ring (bicyclic) bond motifs is 1. The lowest BCUT2D eigenvalue weighted by Crippen LogP contribution is -2.41. The molecule has 122 valence electrons. The number of ether oxygens (including phenoxy) is 1. The molecule has 0 atom stereocenters. The van der Waals surface area contributed by atoms with Crippen LogP contribution in [0.15, 0.2) is 29.3 Å². The van der Waals surface area contributed by atoms with Gasteiger partial charge < -0.3 is 20.7 Å². The minimum Gasteiger partial charge on any atom is -0.482 e. The van der Waals surface area contributed by atoms with Crippen LogP contribution in [0, 0.1) is 0 Å². The zero-order valence-corrected chi connectivity index (χ0v) is 15.1. The number of nitrogens with two attached hydrogens (primary N) is 1. The Morgan fingerprint density at radius 1 is 1.45 bits per heavy atom. The zero-order valence-electron chi connectivity index (χ0n) is 12.7. The van der Waals surface area contributed by atoms with Gasteiger partial charge >= 0.3 is 0 Å². The van der Waals surface area contributed by atoms with Crippen molar-refractivity contribution in [2.24, 2.45) is 10.7 Å². The number of aliphatic imine (C=N–C) groups is 1. The topological polar surface area (TPSA) is 80.0 Å². The number of nitrogens with one attached hydrogen (secondary N) is 1. The van der Waals surface area contributed by atoms with Gasteiger partial charge in [-0.3, -0.25) is 9.79 Å². The van der Waals surface area contributed by atoms with Crippen molar-refractivity contribution in [2.75, 3.05) is 31.1 Å². The third kappa shape index (κ3) is 5.04. The number of nitrogens with zero attached hydrogens (tertiary/aromatic N) is 2. The summed E-state index contributed by atoms with van der Waals surface area (Å²) >= 11 is 0. The molecular formula is C15H23IN4O2. The van der Waals surface area contributed by atoms with E-state index in [4.69, 9.17) is 10.5 Å². The maximum atomic E-state index is 12.0. The molecule has 1 aliphatic rings. The SMILES string of the molecule is CCCN=C(N)NCCCN1C(=O)COc2ccccc21.I. The fourth-order valence-corrected chi connectivity index (χ4v) is 2.14. The minimum atomic E-state index is -0.0127. The molecule has 0 saturated heterocycles. The molecule has 0 radical (unpaired) electrons. The average molecular weight is 418 g/mol. The molecule has 1 heterocycles. The number of para-hydroxylation sites is 2. The van der Waals surface area contributed by atoms with Crippen molar-refractivity contribution in [3.05, 3.63) is 24.3 Å². The third-order valence-corrected chi connectivity index (χ3v) is 3.18. The van der Waals surface area contributed by atoms with Crippen LogP contribution in [-0.2, 0) is 4.79 Å². The lowest BCUT2D eigenvalue weighted by molar-refractivity contribution is -0.121. The van der Waals surface area contributed by atoms with Gasteiger partial charge in [-0.1, -0.05) is 19.1 Å². The summed E-state index contributed by atoms with van der Waals surface area (Å²) in [6, 6.07) is 7.58. The highest BCUT2D eigenvalue weighted by atomic mass is 127. The Morgan fingerprint density at radius 3 is 3.00 bits per heavy atom. The molecule has 0 spiro atoms. The molecule has 0 unspecified atom stereocenters. The molecule has 0 aliphatic carbocycles. The van der Waals surface area contributed by atoms with E-state index in [2.05, 4.69) is 17.2 Å². The molecule has 0 fully saturated rings. The lowest BCUT2D eigenvalue weighted by Gasteiger charge is -2.29. The van der Waals surface area contributed by atoms with E-state index in [1.54, 1.807) is 4.90 Å². The molecule has 0 aromatic heterocycles. The van der Waals surface area contributed by atoms with E-state index in [0.29, 0.717) is 19.0 Å². The predicted octanol–water partition coefficient (Wildman–Crippen LogP) is 1.73. The molecule has 1 aromatic rings. The second kappa shape index (κ2) is 9.50. The fourth-order valence-electron chi connectivity index (χ4n) is 2.14. The van der Waals surface area contributed by atoms with Crippen LogP contribution in [0.25, 0.3) is 0 Å². The van der Waals surface area contributed by atoms with E-state index in [-0.39, 0.29) is 36.5 Å². The Morgan fingerprint density at radius 2 is 2.23 bits per heavy atom. The second-order valence-electron chi connectivity index (χ2n) is 4.85. The van der Waals surface area contributed by atoms with Gasteiger partial charge in [0, 0.05) is 19.6 Å². The monoisotopic (exact) mass is 418 g/mol. The first-order valence-corrected chi connectivity index (χ1v) is 7.28. The highest BCUT2D eigenvalue weighted by Crippen LogP contribution is 2.31. The van der Waals surface area contributed by atoms with Crippen molar-refractivity contribution >= 4 is 41.5 Å². The number of amides is 1. The summed E-state index contributed by atoms with van der Waals surface area (Å²) in [6.45, 7) is 4.20. The van der Waals surface area contributed by atoms with Gasteiger partial charge in [-0.2, -0.15) is 0 Å². The third-order valence-electron chi connectivity index (χ3n) is 3.18. The number of rotatable bonds is 6. The number of benzene rings is 1. The summed E-state index contributed by atoms with van der Waals surface area (Å²) < 4.78 is 5.41. The van der Waals surface area contributed by atoms with Crippen molar-refractivity contribution in [1.29, 1.82) is 0 Å². The molecule has 0 bridgehead atoms. The second-order valence-corrected chi connectivity index (χ2v) is 4.85. The molecule has 1 amide bonds. The van der Waals surface area contributed by atoms with E-state index >= 15 is 0 Å². The highest BCUT2D eigenvalue weighted by molar-refractivity contribution is 14.0. The molecular weight excluding hydrogens is 395 g/mol. The Labute approximate surface area is 148 Å². The molecule has 3 N–H and O–H groups in total. The zero-order chi connectivity index (χ0) is 15.1. The fraction of sp³-hybridized carbons (Fsp3) is 0.467. The standard InChI is InChI=1S/C15H22N4O2.HI/c1-2-8-17-15(16)18-9-5-10-19-12-6-3-4-7-13(12)21-11-14(19)20;/h3-4,6-7H,2,5,8-11H2,1H3,(H3,16,17,18);1H. The van der Waals surface area contributed by atoms with Crippen molar-refractivity contribution < 1.29 is 9.53 Å². The normalized spacial score (nSPS) is 14.0. The van der Waals surface area contributed by atoms with Gasteiger partial charge in [-0.25, -0.2) is 0 Å². The van der Waals surface area contributed by atoms with Gasteiger partial charge in [0.1, 0.15) is 5.75 Å². The summed E-state index contributed by atoms with van der Waals surface area (Å²) in [6.07, 6.45) is 1.77. The van der Waals surface area contributed by atoms with Gasteiger partial charge in [0.15, 0.2) is 12.6 Å². The van der Waals surface area contributed by atoms with E-state index in [9.17, 15) is 4.79 Å². The Bertz CT molecular complexity index is 522. The highest BCUT2D eigenvalue weighted by Gasteiger charge is 2.24. The van der Waals surface area contributed by atoms with Gasteiger partial charge in [0.25, 0.3) is 5.91 Å². The average Bonchev–Trinajstić information content (AvgIpc) is 2.51. The lowest BCUT2D eigenvalue weighted by atomic mass is 10.2. The number of guanidine groups is 1. The summed E-state index contributed by atoms with van der Waals surface area (Å²) in [4.78, 5) is 17.9. The van der Waals surface area contributed by atoms with Gasteiger partial charge in [0.2, 0.25) is 0 Å². The van der Waals surface area contributed by atoms with Gasteiger partial charge in [-0.05, 0) is 25.0 Å². The van der Waals surface area contributed by atoms with Crippen LogP contribution in [0.3, 0.4) is 0 Å². The molecule has 6 nitrogen and oxygen atoms in total. The van der Waals surface area contributed by atoms with Crippen molar-refractivity contribution in [1.82, 2.24) is 5.32 Å². The van der Waals surface area contributed by atoms with E-state index in [1.165, 1.54) is 0 Å². The number of hydrogen-bond donors (Lipinski definition) is 2. The maximum Gasteiger partial charge on any atom is 0.265 e. The van der Waals surface area contributed by atoms with Crippen LogP contribution >= 0.6 is 24.0 Å². The van der Waals surface area contributed by atoms with Crippen molar-refractivity contribution in [3.8, 4) is 5.75 Å². The first-order chi connectivity index (χ1) is 10.2. The van der Waals surface area contributed by atoms with Crippen LogP contribution in [-0.4, -0.2) is 38.1 Å². The van der Waals surface area contributed by atoms with Crippen LogP contribution in [0.5, 0.6) is 5.75 Å². The Hall–Kier alpha value is -1.51. The minimum absolute atomic E-state index is 0. The number of anilines is 1. The number of halogens is 1. The maximum absolute atomic E-state index is 12.0. The molecule has 0 saturated carbocycles. The van der Waals surface area contributed by atoms with Crippen molar-refractivity contribution in [2.45, 2.75) is 19.8 Å². The van der Waals surface area contributed by atoms with E-state index < -0.39 is 0 Å². The largest absolute Gasteiger partial charge is 0.482 e. The molecule has 22 heavy (non-hydrogen) atoms. The van der Waals surface area contributed by atoms with Gasteiger partial charge in [0.05, 0.1) is 5.69 Å². The van der Waals surface area contributed by atoms with Gasteiger partial charge in [-0.15, -0.1) is 24.0 Å². The quantitative estimate of drug-likeness (QED) is 0.319. The van der Waals surface area contributed by atoms with E-state index in [0.717, 1.165) is 30.8 Å². The number of carbonyl (C=O) groups is 1. The summed E-state index contributed by atoms with van der Waals surface area (Å²) in [7, 11) is 0. The van der Waals surface area contributed by atoms with Crippen molar-refractivity contribution in [3.63, 3.8) is 0 Å². The van der Waals surface area contributed by atoms with Crippen LogP contribution in [0.2, 0.25) is 0 Å². The number of hydrogen-bond acceptors (Lipinski definition) is 3. The molecule has 2 rings (SSSR count). The van der Waals surface area contributed by atoms with Crippen LogP contribution < -0.4 is 20.7 Å². The Kier molecular flexibility index (Phi) is 8.00. The smallest absolute Gasteiger partial charge is 0.265 e. The molecule has 1 aliphatic heterocycles.